The molecule has 0 bridgehead atoms. The number of cyclic esters (lactones) is 1. The Morgan fingerprint density at radius 2 is 1.47 bits per heavy atom. The van der Waals surface area contributed by atoms with Crippen molar-refractivity contribution in [1.29, 1.82) is 0 Å². The SMILES string of the molecule is CC(=O)N1[C@@H](CO[Si](c2ccccc2)(c2ccccc2)C(C)(C)C)COC(=O)[C@@H]1C(=O)NC(C)(C)C. The number of nitrogens with one attached hydrogen (secondary N) is 1. The Hall–Kier alpha value is -2.97. The maximum atomic E-state index is 13.0. The number of amides is 2. The molecule has 194 valence electrons. The van der Waals surface area contributed by atoms with Gasteiger partial charge in [0, 0.05) is 12.5 Å². The zero-order valence-electron chi connectivity index (χ0n) is 22.3. The third-order valence-corrected chi connectivity index (χ3v) is 11.3. The second kappa shape index (κ2) is 10.6. The van der Waals surface area contributed by atoms with Gasteiger partial charge in [0.15, 0.2) is 0 Å². The Kier molecular flexibility index (Phi) is 8.10. The number of esters is 1. The van der Waals surface area contributed by atoms with Gasteiger partial charge in [0.1, 0.15) is 6.61 Å². The van der Waals surface area contributed by atoms with Crippen LogP contribution in [0.25, 0.3) is 0 Å². The molecule has 36 heavy (non-hydrogen) atoms. The molecule has 1 fully saturated rings. The van der Waals surface area contributed by atoms with Crippen molar-refractivity contribution in [2.24, 2.45) is 0 Å². The lowest BCUT2D eigenvalue weighted by atomic mass is 10.1. The highest BCUT2D eigenvalue weighted by Gasteiger charge is 2.52. The summed E-state index contributed by atoms with van der Waals surface area (Å²) < 4.78 is 12.4. The zero-order chi connectivity index (χ0) is 26.7. The summed E-state index contributed by atoms with van der Waals surface area (Å²) in [5.74, 6) is -1.66. The molecule has 0 aliphatic carbocycles. The Balaban J connectivity index is 2.02. The van der Waals surface area contributed by atoms with E-state index in [9.17, 15) is 14.4 Å². The molecule has 1 aliphatic rings. The van der Waals surface area contributed by atoms with Gasteiger partial charge in [-0.1, -0.05) is 81.4 Å². The number of hydrogen-bond donors (Lipinski definition) is 1. The highest BCUT2D eigenvalue weighted by Crippen LogP contribution is 2.37. The van der Waals surface area contributed by atoms with E-state index in [1.807, 2.05) is 57.2 Å². The van der Waals surface area contributed by atoms with E-state index in [2.05, 4.69) is 50.4 Å². The van der Waals surface area contributed by atoms with Crippen molar-refractivity contribution in [3.63, 3.8) is 0 Å². The van der Waals surface area contributed by atoms with Crippen LogP contribution in [-0.2, 0) is 23.5 Å². The highest BCUT2D eigenvalue weighted by molar-refractivity contribution is 6.99. The number of nitrogens with zero attached hydrogens (tertiary/aromatic N) is 1. The van der Waals surface area contributed by atoms with Gasteiger partial charge in [0.2, 0.25) is 11.9 Å². The monoisotopic (exact) mass is 510 g/mol. The quantitative estimate of drug-likeness (QED) is 0.367. The van der Waals surface area contributed by atoms with Crippen LogP contribution in [0, 0.1) is 0 Å². The third-order valence-electron chi connectivity index (χ3n) is 6.33. The second-order valence-corrected chi connectivity index (χ2v) is 15.6. The van der Waals surface area contributed by atoms with E-state index < -0.39 is 37.8 Å². The van der Waals surface area contributed by atoms with Gasteiger partial charge in [-0.05, 0) is 36.2 Å². The van der Waals surface area contributed by atoms with Crippen molar-refractivity contribution in [2.45, 2.75) is 71.1 Å². The number of benzene rings is 2. The molecule has 2 aromatic carbocycles. The van der Waals surface area contributed by atoms with Crippen molar-refractivity contribution < 1.29 is 23.5 Å². The minimum absolute atomic E-state index is 0.0318. The van der Waals surface area contributed by atoms with Crippen LogP contribution >= 0.6 is 0 Å². The van der Waals surface area contributed by atoms with E-state index in [-0.39, 0.29) is 24.2 Å². The first-order valence-electron chi connectivity index (χ1n) is 12.3. The lowest BCUT2D eigenvalue weighted by Gasteiger charge is -2.46. The van der Waals surface area contributed by atoms with Crippen molar-refractivity contribution in [1.82, 2.24) is 10.2 Å². The fraction of sp³-hybridized carbons (Fsp3) is 0.464. The average molecular weight is 511 g/mol. The summed E-state index contributed by atoms with van der Waals surface area (Å²) in [5, 5.41) is 4.76. The molecule has 1 heterocycles. The van der Waals surface area contributed by atoms with Crippen molar-refractivity contribution >= 4 is 36.5 Å². The van der Waals surface area contributed by atoms with Gasteiger partial charge in [0.25, 0.3) is 14.2 Å². The predicted octanol–water partition coefficient (Wildman–Crippen LogP) is 2.62. The van der Waals surface area contributed by atoms with E-state index >= 15 is 0 Å². The van der Waals surface area contributed by atoms with E-state index in [1.165, 1.54) is 11.8 Å². The van der Waals surface area contributed by atoms with Crippen molar-refractivity contribution in [3.05, 3.63) is 60.7 Å². The van der Waals surface area contributed by atoms with Crippen LogP contribution in [0.2, 0.25) is 5.04 Å². The molecule has 0 radical (unpaired) electrons. The number of morpholine rings is 1. The molecule has 0 spiro atoms. The first kappa shape index (κ1) is 27.6. The number of ether oxygens (including phenoxy) is 1. The topological polar surface area (TPSA) is 84.9 Å². The first-order chi connectivity index (χ1) is 16.8. The van der Waals surface area contributed by atoms with Gasteiger partial charge < -0.3 is 19.4 Å². The van der Waals surface area contributed by atoms with Crippen LogP contribution < -0.4 is 15.7 Å². The molecule has 1 N–H and O–H groups in total. The number of hydrogen-bond acceptors (Lipinski definition) is 5. The standard InChI is InChI=1S/C28H38N2O5Si/c1-20(31)30-21(18-34-26(33)24(30)25(32)29-27(2,3)4)19-35-36(28(5,6)7,22-14-10-8-11-15-22)23-16-12-9-13-17-23/h8-17,21,24H,18-19H2,1-7H3,(H,29,32)/t21-,24+/m1/s1. The second-order valence-electron chi connectivity index (χ2n) is 11.3. The van der Waals surface area contributed by atoms with Crippen LogP contribution in [0.5, 0.6) is 0 Å². The number of rotatable bonds is 6. The first-order valence-corrected chi connectivity index (χ1v) is 14.2. The molecular weight excluding hydrogens is 472 g/mol. The Labute approximate surface area is 215 Å². The van der Waals surface area contributed by atoms with E-state index in [0.717, 1.165) is 10.4 Å². The summed E-state index contributed by atoms with van der Waals surface area (Å²) >= 11 is 0. The maximum Gasteiger partial charge on any atom is 0.338 e. The zero-order valence-corrected chi connectivity index (χ0v) is 23.3. The summed E-state index contributed by atoms with van der Waals surface area (Å²) in [7, 11) is -2.88. The molecule has 7 nitrogen and oxygen atoms in total. The minimum atomic E-state index is -2.88. The van der Waals surface area contributed by atoms with Crippen molar-refractivity contribution in [2.75, 3.05) is 13.2 Å². The number of carbonyl (C=O) groups excluding carboxylic acids is 3. The molecule has 0 saturated carbocycles. The molecule has 3 rings (SSSR count). The summed E-state index contributed by atoms with van der Waals surface area (Å²) in [6, 6.07) is 18.4. The summed E-state index contributed by atoms with van der Waals surface area (Å²) in [5.41, 5.74) is -0.571. The van der Waals surface area contributed by atoms with Crippen LogP contribution in [0.3, 0.4) is 0 Å². The molecule has 2 amide bonds. The van der Waals surface area contributed by atoms with Gasteiger partial charge in [-0.25, -0.2) is 4.79 Å². The molecule has 0 unspecified atom stereocenters. The van der Waals surface area contributed by atoms with Crippen LogP contribution in [0.4, 0.5) is 0 Å². The minimum Gasteiger partial charge on any atom is -0.461 e. The lowest BCUT2D eigenvalue weighted by Crippen LogP contribution is -2.69. The smallest absolute Gasteiger partial charge is 0.338 e. The largest absolute Gasteiger partial charge is 0.461 e. The summed E-state index contributed by atoms with van der Waals surface area (Å²) in [6.07, 6.45) is 0. The molecule has 8 heteroatoms. The fourth-order valence-corrected chi connectivity index (χ4v) is 9.48. The maximum absolute atomic E-state index is 13.0. The van der Waals surface area contributed by atoms with E-state index in [1.54, 1.807) is 0 Å². The molecule has 0 aromatic heterocycles. The normalized spacial score (nSPS) is 19.0. The van der Waals surface area contributed by atoms with Crippen LogP contribution in [0.15, 0.2) is 60.7 Å². The Bertz CT molecular complexity index is 1040. The lowest BCUT2D eigenvalue weighted by molar-refractivity contribution is -0.173. The van der Waals surface area contributed by atoms with Crippen LogP contribution in [0.1, 0.15) is 48.5 Å². The Morgan fingerprint density at radius 1 is 0.972 bits per heavy atom. The molecule has 1 saturated heterocycles. The van der Waals surface area contributed by atoms with Crippen molar-refractivity contribution in [3.8, 4) is 0 Å². The molecule has 1 aliphatic heterocycles. The molecule has 2 aromatic rings. The van der Waals surface area contributed by atoms with Gasteiger partial charge in [-0.2, -0.15) is 0 Å². The van der Waals surface area contributed by atoms with Gasteiger partial charge in [-0.3, -0.25) is 9.59 Å². The van der Waals surface area contributed by atoms with E-state index in [0.29, 0.717) is 0 Å². The fourth-order valence-electron chi connectivity index (χ4n) is 4.88. The Morgan fingerprint density at radius 3 is 1.89 bits per heavy atom. The average Bonchev–Trinajstić information content (AvgIpc) is 2.79. The van der Waals surface area contributed by atoms with Crippen LogP contribution in [-0.4, -0.2) is 61.8 Å². The highest BCUT2D eigenvalue weighted by atomic mass is 28.4. The van der Waals surface area contributed by atoms with E-state index in [4.69, 9.17) is 9.16 Å². The third kappa shape index (κ3) is 5.70. The van der Waals surface area contributed by atoms with Gasteiger partial charge in [-0.15, -0.1) is 0 Å². The summed E-state index contributed by atoms with van der Waals surface area (Å²) in [4.78, 5) is 39.8. The predicted molar refractivity (Wildman–Crippen MR) is 143 cm³/mol. The molecular formula is C28H38N2O5Si. The van der Waals surface area contributed by atoms with Gasteiger partial charge >= 0.3 is 5.97 Å². The summed E-state index contributed by atoms with van der Waals surface area (Å²) in [6.45, 7) is 13.4. The van der Waals surface area contributed by atoms with Gasteiger partial charge in [0.05, 0.1) is 12.6 Å². The molecule has 2 atom stereocenters. The number of carbonyl (C=O) groups is 3.